The molecule has 1 rings (SSSR count). The van der Waals surface area contributed by atoms with Crippen LogP contribution in [0, 0.1) is 6.92 Å². The summed E-state index contributed by atoms with van der Waals surface area (Å²) in [6.45, 7) is 1.66. The van der Waals surface area contributed by atoms with Gasteiger partial charge in [-0.05, 0) is 24.6 Å². The molecule has 0 saturated heterocycles. The largest absolute Gasteiger partial charge is 0.289 e. The zero-order chi connectivity index (χ0) is 15.3. The molecule has 0 heterocycles. The molecule has 0 aliphatic carbocycles. The maximum absolute atomic E-state index is 12.3. The van der Waals surface area contributed by atoms with Gasteiger partial charge in [-0.3, -0.25) is 10.0 Å². The molecule has 0 radical (unpaired) electrons. The fraction of sp³-hybridized carbons (Fsp3) is 0.364. The third-order valence-corrected chi connectivity index (χ3v) is 3.91. The zero-order valence-corrected chi connectivity index (χ0v) is 11.3. The Kier molecular flexibility index (Phi) is 5.54. The molecule has 1 aromatic carbocycles. The van der Waals surface area contributed by atoms with Crippen LogP contribution in [0.3, 0.4) is 0 Å². The second-order valence-corrected chi connectivity index (χ2v) is 5.81. The highest BCUT2D eigenvalue weighted by Gasteiger charge is 2.28. The molecule has 0 fully saturated rings. The average molecular weight is 308 g/mol. The molecule has 112 valence electrons. The molecular formula is C11H14F2N2O4S. The fourth-order valence-corrected chi connectivity index (χ4v) is 2.82. The van der Waals surface area contributed by atoms with Crippen molar-refractivity contribution in [2.45, 2.75) is 30.7 Å². The van der Waals surface area contributed by atoms with Crippen LogP contribution in [-0.4, -0.2) is 32.0 Å². The van der Waals surface area contributed by atoms with E-state index in [1.54, 1.807) is 13.0 Å². The highest BCUT2D eigenvalue weighted by molar-refractivity contribution is 7.89. The number of nitrogens with one attached hydrogen (secondary N) is 2. The van der Waals surface area contributed by atoms with Crippen LogP contribution in [0.15, 0.2) is 29.2 Å². The summed E-state index contributed by atoms with van der Waals surface area (Å²) in [6.07, 6.45) is -3.95. The highest BCUT2D eigenvalue weighted by Crippen LogP contribution is 2.13. The van der Waals surface area contributed by atoms with Gasteiger partial charge in [0.2, 0.25) is 16.4 Å². The lowest BCUT2D eigenvalue weighted by Gasteiger charge is -2.16. The van der Waals surface area contributed by atoms with Crippen molar-refractivity contribution in [2.75, 3.05) is 0 Å². The Morgan fingerprint density at radius 1 is 1.40 bits per heavy atom. The summed E-state index contributed by atoms with van der Waals surface area (Å²) in [5, 5.41) is 8.45. The summed E-state index contributed by atoms with van der Waals surface area (Å²) in [5.74, 6) is -1.25. The molecule has 1 atom stereocenters. The number of carbonyl (C=O) groups excluding carboxylic acids is 1. The number of halogens is 2. The van der Waals surface area contributed by atoms with Gasteiger partial charge in [-0.25, -0.2) is 22.7 Å². The van der Waals surface area contributed by atoms with E-state index in [0.29, 0.717) is 5.56 Å². The lowest BCUT2D eigenvalue weighted by molar-refractivity contribution is -0.131. The first kappa shape index (κ1) is 16.5. The third-order valence-electron chi connectivity index (χ3n) is 2.44. The number of carbonyl (C=O) groups is 1. The van der Waals surface area contributed by atoms with Crippen molar-refractivity contribution in [1.82, 2.24) is 10.2 Å². The highest BCUT2D eigenvalue weighted by atomic mass is 32.2. The molecule has 0 aliphatic heterocycles. The molecule has 3 N–H and O–H groups in total. The monoisotopic (exact) mass is 308 g/mol. The third kappa shape index (κ3) is 4.51. The number of hydroxylamine groups is 1. The molecular weight excluding hydrogens is 294 g/mol. The molecule has 9 heteroatoms. The Balaban J connectivity index is 2.99. The van der Waals surface area contributed by atoms with Crippen molar-refractivity contribution in [1.29, 1.82) is 0 Å². The molecule has 1 amide bonds. The molecule has 0 aliphatic rings. The number of aryl methyl sites for hydroxylation is 1. The van der Waals surface area contributed by atoms with E-state index in [0.717, 1.165) is 5.48 Å². The minimum absolute atomic E-state index is 0.150. The quantitative estimate of drug-likeness (QED) is 0.535. The Morgan fingerprint density at radius 3 is 2.55 bits per heavy atom. The van der Waals surface area contributed by atoms with E-state index < -0.39 is 34.8 Å². The number of benzene rings is 1. The van der Waals surface area contributed by atoms with Gasteiger partial charge < -0.3 is 0 Å². The Labute approximate surface area is 114 Å². The van der Waals surface area contributed by atoms with E-state index in [-0.39, 0.29) is 4.90 Å². The molecule has 1 aromatic rings. The number of sulfonamides is 1. The van der Waals surface area contributed by atoms with Crippen LogP contribution < -0.4 is 10.2 Å². The predicted molar refractivity (Wildman–Crippen MR) is 65.8 cm³/mol. The van der Waals surface area contributed by atoms with E-state index in [4.69, 9.17) is 5.21 Å². The molecule has 0 bridgehead atoms. The van der Waals surface area contributed by atoms with Crippen molar-refractivity contribution in [3.63, 3.8) is 0 Å². The fourth-order valence-electron chi connectivity index (χ4n) is 1.50. The summed E-state index contributed by atoms with van der Waals surface area (Å²) in [7, 11) is -4.14. The van der Waals surface area contributed by atoms with E-state index in [1.165, 1.54) is 18.2 Å². The van der Waals surface area contributed by atoms with E-state index in [9.17, 15) is 22.0 Å². The second-order valence-electron chi connectivity index (χ2n) is 4.09. The van der Waals surface area contributed by atoms with Crippen LogP contribution in [-0.2, 0) is 14.8 Å². The van der Waals surface area contributed by atoms with Gasteiger partial charge in [-0.1, -0.05) is 12.1 Å². The summed E-state index contributed by atoms with van der Waals surface area (Å²) in [5.41, 5.74) is 1.81. The Bertz CT molecular complexity index is 578. The minimum Gasteiger partial charge on any atom is -0.289 e. The van der Waals surface area contributed by atoms with Crippen molar-refractivity contribution >= 4 is 15.9 Å². The van der Waals surface area contributed by atoms with Crippen molar-refractivity contribution in [3.8, 4) is 0 Å². The van der Waals surface area contributed by atoms with Gasteiger partial charge >= 0.3 is 0 Å². The van der Waals surface area contributed by atoms with Gasteiger partial charge in [0.1, 0.15) is 6.04 Å². The van der Waals surface area contributed by atoms with Crippen molar-refractivity contribution in [3.05, 3.63) is 29.8 Å². The van der Waals surface area contributed by atoms with Crippen LogP contribution in [0.2, 0.25) is 0 Å². The second kappa shape index (κ2) is 6.73. The van der Waals surface area contributed by atoms with E-state index in [1.807, 2.05) is 4.72 Å². The van der Waals surface area contributed by atoms with Crippen molar-refractivity contribution < 1.29 is 27.2 Å². The van der Waals surface area contributed by atoms with Crippen LogP contribution in [0.5, 0.6) is 0 Å². The van der Waals surface area contributed by atoms with Crippen LogP contribution in [0.4, 0.5) is 8.78 Å². The smallest absolute Gasteiger partial charge is 0.261 e. The number of hydrogen-bond acceptors (Lipinski definition) is 4. The van der Waals surface area contributed by atoms with Crippen molar-refractivity contribution in [2.24, 2.45) is 0 Å². The summed E-state index contributed by atoms with van der Waals surface area (Å²) in [4.78, 5) is 11.1. The molecule has 0 spiro atoms. The van der Waals surface area contributed by atoms with Gasteiger partial charge in [0, 0.05) is 6.42 Å². The van der Waals surface area contributed by atoms with Gasteiger partial charge in [-0.15, -0.1) is 0 Å². The maximum atomic E-state index is 12.3. The lowest BCUT2D eigenvalue weighted by atomic mass is 10.2. The van der Waals surface area contributed by atoms with Gasteiger partial charge in [0.05, 0.1) is 4.90 Å². The number of alkyl halides is 2. The van der Waals surface area contributed by atoms with Gasteiger partial charge in [0.15, 0.2) is 0 Å². The van der Waals surface area contributed by atoms with Crippen LogP contribution in [0.25, 0.3) is 0 Å². The lowest BCUT2D eigenvalue weighted by Crippen LogP contribution is -2.46. The molecule has 6 nitrogen and oxygen atoms in total. The first-order valence-electron chi connectivity index (χ1n) is 5.57. The van der Waals surface area contributed by atoms with Gasteiger partial charge in [0.25, 0.3) is 5.91 Å². The van der Waals surface area contributed by atoms with Crippen LogP contribution in [0.1, 0.15) is 12.0 Å². The standard InChI is InChI=1S/C11H14F2N2O4S/c1-7-3-2-4-8(5-7)20(18,19)15-9(6-10(12)13)11(16)14-17/h2-5,9-10,15,17H,6H2,1H3,(H,14,16). The van der Waals surface area contributed by atoms with Gasteiger partial charge in [-0.2, -0.15) is 4.72 Å². The first-order valence-corrected chi connectivity index (χ1v) is 7.05. The Hall–Kier alpha value is -1.58. The molecule has 20 heavy (non-hydrogen) atoms. The number of hydrogen-bond donors (Lipinski definition) is 3. The molecule has 0 saturated carbocycles. The maximum Gasteiger partial charge on any atom is 0.261 e. The Morgan fingerprint density at radius 2 is 2.05 bits per heavy atom. The normalized spacial score (nSPS) is 13.2. The molecule has 0 aromatic heterocycles. The first-order chi connectivity index (χ1) is 9.26. The number of amides is 1. The number of rotatable bonds is 6. The molecule has 1 unspecified atom stereocenters. The van der Waals surface area contributed by atoms with E-state index in [2.05, 4.69) is 0 Å². The zero-order valence-electron chi connectivity index (χ0n) is 10.5. The van der Waals surface area contributed by atoms with E-state index >= 15 is 0 Å². The topological polar surface area (TPSA) is 95.5 Å². The average Bonchev–Trinajstić information content (AvgIpc) is 2.36. The minimum atomic E-state index is -4.14. The summed E-state index contributed by atoms with van der Waals surface area (Å²) >= 11 is 0. The SMILES string of the molecule is Cc1cccc(S(=O)(=O)NC(CC(F)F)C(=O)NO)c1. The summed E-state index contributed by atoms with van der Waals surface area (Å²) in [6, 6.07) is 3.99. The predicted octanol–water partition coefficient (Wildman–Crippen LogP) is 0.803. The summed E-state index contributed by atoms with van der Waals surface area (Å²) < 4.78 is 50.5. The van der Waals surface area contributed by atoms with Crippen LogP contribution >= 0.6 is 0 Å².